The fourth-order valence-electron chi connectivity index (χ4n) is 2.95. The molecule has 6 nitrogen and oxygen atoms in total. The van der Waals surface area contributed by atoms with Crippen LogP contribution < -0.4 is 21.3 Å². The first-order chi connectivity index (χ1) is 13.5. The van der Waals surface area contributed by atoms with Crippen LogP contribution in [-0.4, -0.2) is 15.7 Å². The number of benzene rings is 2. The summed E-state index contributed by atoms with van der Waals surface area (Å²) < 4.78 is 8.35. The lowest BCUT2D eigenvalue weighted by Gasteiger charge is -2.09. The molecule has 1 aromatic heterocycles. The number of rotatable bonds is 8. The Bertz CT molecular complexity index is 1020. The van der Waals surface area contributed by atoms with Gasteiger partial charge in [0.05, 0.1) is 0 Å². The number of aromatic nitrogens is 2. The summed E-state index contributed by atoms with van der Waals surface area (Å²) in [6, 6.07) is 18.1. The van der Waals surface area contributed by atoms with E-state index in [0.717, 1.165) is 28.8 Å². The lowest BCUT2D eigenvalue weighted by atomic mass is 10.1. The third-order valence-electron chi connectivity index (χ3n) is 4.60. The normalized spacial score (nSPS) is 10.8. The third-order valence-corrected chi connectivity index (χ3v) is 4.60. The van der Waals surface area contributed by atoms with Crippen LogP contribution in [0.2, 0.25) is 0 Å². The van der Waals surface area contributed by atoms with E-state index in [4.69, 9.17) is 4.74 Å². The van der Waals surface area contributed by atoms with E-state index in [1.165, 1.54) is 17.2 Å². The van der Waals surface area contributed by atoms with Crippen LogP contribution in [0, 0.1) is 0 Å². The molecule has 6 heteroatoms. The maximum atomic E-state index is 12.1. The molecule has 1 heterocycles. The van der Waals surface area contributed by atoms with Crippen molar-refractivity contribution >= 4 is 0 Å². The number of nitrogens with one attached hydrogen (secondary N) is 1. The number of aryl methyl sites for hydroxylation is 1. The number of hydrogen-bond donors (Lipinski definition) is 1. The first-order valence-corrected chi connectivity index (χ1v) is 9.26. The molecule has 0 fully saturated rings. The van der Waals surface area contributed by atoms with Crippen molar-refractivity contribution in [1.29, 1.82) is 0 Å². The molecule has 3 aromatic rings. The zero-order chi connectivity index (χ0) is 19.9. The topological polar surface area (TPSA) is 65.3 Å². The molecule has 0 atom stereocenters. The number of ether oxygens (including phenoxy) is 1. The largest absolute Gasteiger partial charge is 0.489 e. The molecule has 0 bridgehead atoms. The highest BCUT2D eigenvalue weighted by atomic mass is 16.5. The van der Waals surface area contributed by atoms with Gasteiger partial charge in [0.15, 0.2) is 0 Å². The monoisotopic (exact) mass is 379 g/mol. The molecule has 0 aliphatic heterocycles. The molecule has 3 rings (SSSR count). The van der Waals surface area contributed by atoms with Crippen LogP contribution in [0.4, 0.5) is 0 Å². The van der Waals surface area contributed by atoms with Gasteiger partial charge >= 0.3 is 5.69 Å². The van der Waals surface area contributed by atoms with Crippen molar-refractivity contribution in [1.82, 2.24) is 14.5 Å². The summed E-state index contributed by atoms with van der Waals surface area (Å²) in [4.78, 5) is 23.8. The summed E-state index contributed by atoms with van der Waals surface area (Å²) >= 11 is 0. The molecule has 1 N–H and O–H groups in total. The molecule has 0 spiro atoms. The third kappa shape index (κ3) is 4.98. The fraction of sp³-hybridized carbons (Fsp3) is 0.273. The van der Waals surface area contributed by atoms with Gasteiger partial charge in [-0.05, 0) is 36.2 Å². The highest BCUT2D eigenvalue weighted by Gasteiger charge is 2.06. The molecule has 0 saturated carbocycles. The standard InChI is InChI=1S/C22H25N3O3/c1-24-15-19(21(26)25(2)22(24)27)14-23-13-12-17-8-10-20(11-9-17)28-16-18-6-4-3-5-7-18/h3-11,15,23H,12-14,16H2,1-2H3. The molecule has 0 amide bonds. The second-order valence-electron chi connectivity index (χ2n) is 6.76. The van der Waals surface area contributed by atoms with Gasteiger partial charge in [0.2, 0.25) is 0 Å². The first-order valence-electron chi connectivity index (χ1n) is 9.26. The van der Waals surface area contributed by atoms with E-state index >= 15 is 0 Å². The summed E-state index contributed by atoms with van der Waals surface area (Å²) in [5, 5.41) is 3.27. The minimum absolute atomic E-state index is 0.254. The van der Waals surface area contributed by atoms with Gasteiger partial charge in [-0.2, -0.15) is 0 Å². The second kappa shape index (κ2) is 9.19. The minimum atomic E-state index is -0.316. The van der Waals surface area contributed by atoms with Crippen molar-refractivity contribution in [3.63, 3.8) is 0 Å². The van der Waals surface area contributed by atoms with E-state index in [9.17, 15) is 9.59 Å². The van der Waals surface area contributed by atoms with Crippen LogP contribution in [0.25, 0.3) is 0 Å². The molecule has 0 unspecified atom stereocenters. The average Bonchev–Trinajstić information content (AvgIpc) is 2.73. The summed E-state index contributed by atoms with van der Waals surface area (Å²) in [6.07, 6.45) is 2.43. The van der Waals surface area contributed by atoms with Crippen molar-refractivity contribution in [2.24, 2.45) is 14.1 Å². The Labute approximate surface area is 164 Å². The van der Waals surface area contributed by atoms with Gasteiger partial charge in [-0.1, -0.05) is 42.5 Å². The van der Waals surface area contributed by atoms with Crippen LogP contribution in [0.3, 0.4) is 0 Å². The maximum absolute atomic E-state index is 12.1. The van der Waals surface area contributed by atoms with Crippen molar-refractivity contribution in [2.75, 3.05) is 6.54 Å². The molecular formula is C22H25N3O3. The Morgan fingerprint density at radius 3 is 2.36 bits per heavy atom. The Morgan fingerprint density at radius 1 is 0.929 bits per heavy atom. The maximum Gasteiger partial charge on any atom is 0.330 e. The Kier molecular flexibility index (Phi) is 6.45. The van der Waals surface area contributed by atoms with Crippen molar-refractivity contribution in [3.8, 4) is 5.75 Å². The van der Waals surface area contributed by atoms with Gasteiger partial charge in [0, 0.05) is 32.4 Å². The van der Waals surface area contributed by atoms with Gasteiger partial charge in [-0.3, -0.25) is 9.36 Å². The summed E-state index contributed by atoms with van der Waals surface area (Å²) in [6.45, 7) is 1.71. The number of hydrogen-bond acceptors (Lipinski definition) is 4. The Hall–Kier alpha value is -3.12. The summed E-state index contributed by atoms with van der Waals surface area (Å²) in [7, 11) is 3.14. The summed E-state index contributed by atoms with van der Waals surface area (Å²) in [5.41, 5.74) is 2.33. The Balaban J connectivity index is 1.47. The van der Waals surface area contributed by atoms with E-state index in [-0.39, 0.29) is 11.2 Å². The van der Waals surface area contributed by atoms with E-state index < -0.39 is 0 Å². The highest BCUT2D eigenvalue weighted by molar-refractivity contribution is 5.28. The molecular weight excluding hydrogens is 354 g/mol. The smallest absolute Gasteiger partial charge is 0.330 e. The molecule has 28 heavy (non-hydrogen) atoms. The molecule has 2 aromatic carbocycles. The van der Waals surface area contributed by atoms with Crippen LogP contribution in [0.15, 0.2) is 70.4 Å². The molecule has 0 saturated heterocycles. The van der Waals surface area contributed by atoms with Crippen molar-refractivity contribution in [2.45, 2.75) is 19.6 Å². The van der Waals surface area contributed by atoms with Gasteiger partial charge in [-0.15, -0.1) is 0 Å². The summed E-state index contributed by atoms with van der Waals surface area (Å²) in [5.74, 6) is 0.842. The van der Waals surface area contributed by atoms with Crippen LogP contribution in [0.1, 0.15) is 16.7 Å². The van der Waals surface area contributed by atoms with E-state index in [1.807, 2.05) is 54.6 Å². The molecule has 0 aliphatic rings. The number of nitrogens with zero attached hydrogens (tertiary/aromatic N) is 2. The SMILES string of the molecule is Cn1cc(CNCCc2ccc(OCc3ccccc3)cc2)c(=O)n(C)c1=O. The zero-order valence-electron chi connectivity index (χ0n) is 16.2. The predicted molar refractivity (Wildman–Crippen MR) is 110 cm³/mol. The minimum Gasteiger partial charge on any atom is -0.489 e. The molecule has 146 valence electrons. The molecule has 0 aliphatic carbocycles. The van der Waals surface area contributed by atoms with Gasteiger partial charge in [0.25, 0.3) is 5.56 Å². The van der Waals surface area contributed by atoms with Gasteiger partial charge in [0.1, 0.15) is 12.4 Å². The lowest BCUT2D eigenvalue weighted by molar-refractivity contribution is 0.306. The van der Waals surface area contributed by atoms with Gasteiger partial charge < -0.3 is 14.6 Å². The van der Waals surface area contributed by atoms with Crippen molar-refractivity contribution < 1.29 is 4.74 Å². The fourth-order valence-corrected chi connectivity index (χ4v) is 2.95. The molecule has 0 radical (unpaired) electrons. The van der Waals surface area contributed by atoms with Crippen molar-refractivity contribution in [3.05, 3.63) is 98.3 Å². The average molecular weight is 379 g/mol. The van der Waals surface area contributed by atoms with E-state index in [0.29, 0.717) is 18.7 Å². The highest BCUT2D eigenvalue weighted by Crippen LogP contribution is 2.14. The second-order valence-corrected chi connectivity index (χ2v) is 6.76. The van der Waals surface area contributed by atoms with Crippen LogP contribution in [-0.2, 0) is 33.7 Å². The first kappa shape index (κ1) is 19.6. The quantitative estimate of drug-likeness (QED) is 0.608. The lowest BCUT2D eigenvalue weighted by Crippen LogP contribution is -2.39. The van der Waals surface area contributed by atoms with Gasteiger partial charge in [-0.25, -0.2) is 4.79 Å². The predicted octanol–water partition coefficient (Wildman–Crippen LogP) is 2.00. The van der Waals surface area contributed by atoms with Crippen LogP contribution >= 0.6 is 0 Å². The zero-order valence-corrected chi connectivity index (χ0v) is 16.2. The Morgan fingerprint density at radius 2 is 1.64 bits per heavy atom. The van der Waals surface area contributed by atoms with Crippen LogP contribution in [0.5, 0.6) is 5.75 Å². The van der Waals surface area contributed by atoms with E-state index in [1.54, 1.807) is 13.2 Å². The van der Waals surface area contributed by atoms with E-state index in [2.05, 4.69) is 5.32 Å².